The summed E-state index contributed by atoms with van der Waals surface area (Å²) in [7, 11) is 0. The lowest BCUT2D eigenvalue weighted by molar-refractivity contribution is -0.140. The van der Waals surface area contributed by atoms with Gasteiger partial charge in [-0.05, 0) is 30.7 Å². The maximum absolute atomic E-state index is 12.9. The molecule has 1 atom stereocenters. The summed E-state index contributed by atoms with van der Waals surface area (Å²) >= 11 is 7.52. The number of thiophene rings is 1. The first-order valence-corrected chi connectivity index (χ1v) is 14.4. The normalized spacial score (nSPS) is 19.6. The van der Waals surface area contributed by atoms with E-state index in [4.69, 9.17) is 16.3 Å². The van der Waals surface area contributed by atoms with Gasteiger partial charge in [-0.15, -0.1) is 11.3 Å². The molecule has 0 saturated carbocycles. The van der Waals surface area contributed by atoms with E-state index in [1.54, 1.807) is 22.9 Å². The Morgan fingerprint density at radius 1 is 1.20 bits per heavy atom. The zero-order valence-electron chi connectivity index (χ0n) is 22.2. The molecule has 0 unspecified atom stereocenters. The molecule has 1 spiro atoms. The predicted octanol–water partition coefficient (Wildman–Crippen LogP) is 3.20. The van der Waals surface area contributed by atoms with E-state index >= 15 is 0 Å². The molecular formula is C27H25ClN8O4S. The van der Waals surface area contributed by atoms with E-state index in [1.807, 2.05) is 19.1 Å². The lowest BCUT2D eigenvalue weighted by Crippen LogP contribution is -2.58. The number of halogens is 1. The van der Waals surface area contributed by atoms with Crippen molar-refractivity contribution in [1.82, 2.24) is 35.1 Å². The average Bonchev–Trinajstić information content (AvgIpc) is 3.41. The number of carbonyl (C=O) groups is 3. The molecule has 6 heterocycles. The molecular weight excluding hydrogens is 568 g/mol. The van der Waals surface area contributed by atoms with Crippen LogP contribution in [0.2, 0.25) is 5.28 Å². The van der Waals surface area contributed by atoms with Crippen molar-refractivity contribution in [3.8, 4) is 11.8 Å². The van der Waals surface area contributed by atoms with E-state index in [0.29, 0.717) is 54.1 Å². The van der Waals surface area contributed by atoms with E-state index in [2.05, 4.69) is 30.6 Å². The molecule has 0 radical (unpaired) electrons. The molecule has 3 aliphatic rings. The quantitative estimate of drug-likeness (QED) is 0.341. The molecule has 2 N–H and O–H groups in total. The SMILES string of the molecule is CC(=O)N1CC2(CC(=O)N(Cc3cnc(Cl)nc3Oc3cnc4c(ccc5sc6c(c54)NC[C@@H](C)NC6=O)n3)C2)C1. The molecule has 12 nitrogen and oxygen atoms in total. The van der Waals surface area contributed by atoms with Crippen LogP contribution in [-0.2, 0) is 16.1 Å². The summed E-state index contributed by atoms with van der Waals surface area (Å²) in [4.78, 5) is 59.0. The second-order valence-corrected chi connectivity index (χ2v) is 12.3. The Bertz CT molecular complexity index is 1770. The Balaban J connectivity index is 1.16. The number of carbonyl (C=O) groups excluding carboxylic acids is 3. The zero-order valence-corrected chi connectivity index (χ0v) is 23.8. The predicted molar refractivity (Wildman–Crippen MR) is 152 cm³/mol. The number of hydrogen-bond donors (Lipinski definition) is 2. The van der Waals surface area contributed by atoms with E-state index in [9.17, 15) is 14.4 Å². The Morgan fingerprint density at radius 3 is 2.83 bits per heavy atom. The molecule has 3 aliphatic heterocycles. The molecule has 14 heteroatoms. The van der Waals surface area contributed by atoms with Crippen LogP contribution in [0.4, 0.5) is 5.69 Å². The largest absolute Gasteiger partial charge is 0.418 e. The smallest absolute Gasteiger partial charge is 0.263 e. The maximum Gasteiger partial charge on any atom is 0.263 e. The van der Waals surface area contributed by atoms with Crippen LogP contribution in [0.15, 0.2) is 24.5 Å². The number of rotatable bonds is 4. The minimum Gasteiger partial charge on any atom is -0.418 e. The second kappa shape index (κ2) is 9.48. The van der Waals surface area contributed by atoms with Crippen molar-refractivity contribution in [2.75, 3.05) is 31.5 Å². The highest BCUT2D eigenvalue weighted by Gasteiger charge is 2.52. The molecule has 3 amide bonds. The van der Waals surface area contributed by atoms with Crippen molar-refractivity contribution in [2.24, 2.45) is 5.41 Å². The van der Waals surface area contributed by atoms with Crippen molar-refractivity contribution < 1.29 is 19.1 Å². The van der Waals surface area contributed by atoms with Crippen molar-refractivity contribution in [2.45, 2.75) is 32.9 Å². The van der Waals surface area contributed by atoms with Crippen LogP contribution in [0, 0.1) is 5.41 Å². The van der Waals surface area contributed by atoms with Gasteiger partial charge in [0, 0.05) is 67.3 Å². The fourth-order valence-electron chi connectivity index (χ4n) is 5.82. The van der Waals surface area contributed by atoms with Gasteiger partial charge in [0.05, 0.1) is 35.0 Å². The van der Waals surface area contributed by atoms with Gasteiger partial charge in [-0.1, -0.05) is 0 Å². The third-order valence-corrected chi connectivity index (χ3v) is 9.11. The minimum absolute atomic E-state index is 0.000867. The maximum atomic E-state index is 12.9. The Labute approximate surface area is 243 Å². The summed E-state index contributed by atoms with van der Waals surface area (Å²) in [5.74, 6) is 0.309. The number of likely N-dealkylation sites (tertiary alicyclic amines) is 2. The van der Waals surface area contributed by atoms with Gasteiger partial charge >= 0.3 is 0 Å². The highest BCUT2D eigenvalue weighted by molar-refractivity contribution is 7.21. The Morgan fingerprint density at radius 2 is 2.02 bits per heavy atom. The molecule has 2 saturated heterocycles. The first-order valence-electron chi connectivity index (χ1n) is 13.2. The molecule has 7 rings (SSSR count). The lowest BCUT2D eigenvalue weighted by Gasteiger charge is -2.47. The molecule has 2 fully saturated rings. The number of fused-ring (bicyclic) bond motifs is 5. The number of hydrogen-bond acceptors (Lipinski definition) is 10. The third-order valence-electron chi connectivity index (χ3n) is 7.77. The van der Waals surface area contributed by atoms with Crippen molar-refractivity contribution >= 4 is 67.5 Å². The number of anilines is 1. The number of nitrogens with one attached hydrogen (secondary N) is 2. The lowest BCUT2D eigenvalue weighted by atomic mass is 9.79. The monoisotopic (exact) mass is 592 g/mol. The fourth-order valence-corrected chi connectivity index (χ4v) is 7.03. The summed E-state index contributed by atoms with van der Waals surface area (Å²) < 4.78 is 6.99. The van der Waals surface area contributed by atoms with Gasteiger partial charge in [0.1, 0.15) is 4.88 Å². The Hall–Kier alpha value is -4.10. The van der Waals surface area contributed by atoms with Crippen LogP contribution < -0.4 is 15.4 Å². The standard InChI is InChI=1S/C27H25ClN8O4S/c1-13-6-29-22-20-17(41-23(22)24(39)32-13)4-3-16-21(20)30-8-18(33-16)40-25-15(7-31-26(28)34-25)9-35-10-27(5-19(35)38)11-36(12-27)14(2)37/h3-4,7-8,13,29H,5-6,9-12H2,1-2H3,(H,32,39)/t13-/m1/s1. The Kier molecular flexibility index (Phi) is 5.98. The van der Waals surface area contributed by atoms with E-state index < -0.39 is 0 Å². The van der Waals surface area contributed by atoms with Crippen LogP contribution in [0.3, 0.4) is 0 Å². The van der Waals surface area contributed by atoms with Crippen LogP contribution in [0.25, 0.3) is 21.1 Å². The van der Waals surface area contributed by atoms with Gasteiger partial charge in [-0.2, -0.15) is 4.98 Å². The topological polar surface area (TPSA) is 143 Å². The summed E-state index contributed by atoms with van der Waals surface area (Å²) in [5.41, 5.74) is 2.37. The summed E-state index contributed by atoms with van der Waals surface area (Å²) in [6.07, 6.45) is 3.45. The van der Waals surface area contributed by atoms with Gasteiger partial charge in [-0.25, -0.2) is 15.0 Å². The first kappa shape index (κ1) is 25.8. The van der Waals surface area contributed by atoms with Crippen molar-refractivity contribution in [3.05, 3.63) is 40.3 Å². The highest BCUT2D eigenvalue weighted by atomic mass is 35.5. The van der Waals surface area contributed by atoms with Crippen molar-refractivity contribution in [3.63, 3.8) is 0 Å². The summed E-state index contributed by atoms with van der Waals surface area (Å²) in [6, 6.07) is 3.76. The molecule has 4 aromatic rings. The molecule has 0 aliphatic carbocycles. The number of amides is 3. The first-order chi connectivity index (χ1) is 19.7. The summed E-state index contributed by atoms with van der Waals surface area (Å²) in [5, 5.41) is 7.23. The van der Waals surface area contributed by atoms with E-state index in [-0.39, 0.29) is 52.8 Å². The van der Waals surface area contributed by atoms with E-state index in [0.717, 1.165) is 15.8 Å². The molecule has 210 valence electrons. The summed E-state index contributed by atoms with van der Waals surface area (Å²) in [6.45, 7) is 6.03. The molecule has 3 aromatic heterocycles. The number of nitrogens with zero attached hydrogens (tertiary/aromatic N) is 6. The fraction of sp³-hybridized carbons (Fsp3) is 0.370. The van der Waals surface area contributed by atoms with Crippen LogP contribution >= 0.6 is 22.9 Å². The molecule has 1 aromatic carbocycles. The minimum atomic E-state index is -0.209. The second-order valence-electron chi connectivity index (χ2n) is 10.9. The number of ether oxygens (including phenoxy) is 1. The van der Waals surface area contributed by atoms with E-state index in [1.165, 1.54) is 17.5 Å². The highest BCUT2D eigenvalue weighted by Crippen LogP contribution is 2.42. The number of aromatic nitrogens is 4. The van der Waals surface area contributed by atoms with Gasteiger partial charge < -0.3 is 25.2 Å². The molecule has 0 bridgehead atoms. The zero-order chi connectivity index (χ0) is 28.5. The van der Waals surface area contributed by atoms with Crippen LogP contribution in [-0.4, -0.2) is 79.7 Å². The van der Waals surface area contributed by atoms with Crippen molar-refractivity contribution in [1.29, 1.82) is 0 Å². The third kappa shape index (κ3) is 4.49. The number of benzene rings is 1. The van der Waals surface area contributed by atoms with Crippen LogP contribution in [0.5, 0.6) is 11.8 Å². The molecule has 41 heavy (non-hydrogen) atoms. The average molecular weight is 593 g/mol. The van der Waals surface area contributed by atoms with Crippen LogP contribution in [0.1, 0.15) is 35.5 Å². The van der Waals surface area contributed by atoms with Gasteiger partial charge in [0.2, 0.25) is 28.9 Å². The van der Waals surface area contributed by atoms with Gasteiger partial charge in [-0.3, -0.25) is 14.4 Å². The van der Waals surface area contributed by atoms with Gasteiger partial charge in [0.25, 0.3) is 5.91 Å². The van der Waals surface area contributed by atoms with Gasteiger partial charge in [0.15, 0.2) is 0 Å².